The Morgan fingerprint density at radius 2 is 1.94 bits per heavy atom. The van der Waals surface area contributed by atoms with E-state index in [-0.39, 0.29) is 17.7 Å². The molecule has 2 fully saturated rings. The van der Waals surface area contributed by atoms with E-state index in [9.17, 15) is 5.11 Å². The number of nitrogens with zero attached hydrogens (tertiary/aromatic N) is 6. The lowest BCUT2D eigenvalue weighted by molar-refractivity contribution is 0.0656. The molecule has 2 bridgehead atoms. The summed E-state index contributed by atoms with van der Waals surface area (Å²) in [5.74, 6) is 2.20. The van der Waals surface area contributed by atoms with Gasteiger partial charge in [-0.15, -0.1) is 15.3 Å². The number of aromatic hydroxyl groups is 1. The Morgan fingerprint density at radius 3 is 2.68 bits per heavy atom. The topological polar surface area (TPSA) is 97.2 Å². The highest BCUT2D eigenvalue weighted by Crippen LogP contribution is 2.43. The molecule has 2 saturated carbocycles. The maximum Gasteiger partial charge on any atom is 0.185 e. The summed E-state index contributed by atoms with van der Waals surface area (Å²) in [4.78, 5) is 6.30. The Hall–Kier alpha value is -3.36. The van der Waals surface area contributed by atoms with Crippen LogP contribution < -0.4 is 9.64 Å². The van der Waals surface area contributed by atoms with Gasteiger partial charge in [-0.25, -0.2) is 9.37 Å². The summed E-state index contributed by atoms with van der Waals surface area (Å²) in [7, 11) is 3.44. The van der Waals surface area contributed by atoms with Gasteiger partial charge in [-0.2, -0.15) is 5.10 Å². The summed E-state index contributed by atoms with van der Waals surface area (Å²) in [6, 6.07) is 6.69. The van der Waals surface area contributed by atoms with E-state index in [0.717, 1.165) is 25.7 Å². The van der Waals surface area contributed by atoms with Crippen molar-refractivity contribution in [1.82, 2.24) is 25.4 Å². The van der Waals surface area contributed by atoms with E-state index in [4.69, 9.17) is 4.74 Å². The molecule has 178 valence electrons. The second-order valence-corrected chi connectivity index (χ2v) is 9.41. The highest BCUT2D eigenvalue weighted by molar-refractivity contribution is 5.71. The number of fused-ring (bicyclic) bond motifs is 2. The van der Waals surface area contributed by atoms with Gasteiger partial charge < -0.3 is 14.7 Å². The van der Waals surface area contributed by atoms with Gasteiger partial charge in [-0.3, -0.25) is 0 Å². The van der Waals surface area contributed by atoms with Crippen LogP contribution in [0.1, 0.15) is 37.8 Å². The molecular formula is C25H29FN6O2. The van der Waals surface area contributed by atoms with E-state index in [1.54, 1.807) is 31.5 Å². The molecular weight excluding hydrogens is 435 g/mol. The van der Waals surface area contributed by atoms with Crippen LogP contribution in [-0.4, -0.2) is 56.9 Å². The summed E-state index contributed by atoms with van der Waals surface area (Å²) in [5.41, 5.74) is 2.41. The zero-order valence-electron chi connectivity index (χ0n) is 19.6. The van der Waals surface area contributed by atoms with Crippen molar-refractivity contribution in [3.63, 3.8) is 0 Å². The van der Waals surface area contributed by atoms with Crippen molar-refractivity contribution < 1.29 is 14.2 Å². The summed E-state index contributed by atoms with van der Waals surface area (Å²) in [5, 5.41) is 27.5. The molecule has 34 heavy (non-hydrogen) atoms. The van der Waals surface area contributed by atoms with Gasteiger partial charge in [0.05, 0.1) is 30.6 Å². The molecule has 0 radical (unpaired) electrons. The number of benzene rings is 1. The normalized spacial score (nSPS) is 24.0. The second kappa shape index (κ2) is 9.12. The summed E-state index contributed by atoms with van der Waals surface area (Å²) in [6.45, 7) is 1.81. The molecule has 5 rings (SSSR count). The van der Waals surface area contributed by atoms with E-state index >= 15 is 4.39 Å². The van der Waals surface area contributed by atoms with Gasteiger partial charge in [0, 0.05) is 18.7 Å². The average molecular weight is 465 g/mol. The van der Waals surface area contributed by atoms with Crippen LogP contribution in [0, 0.1) is 18.8 Å². The largest absolute Gasteiger partial charge is 0.507 e. The number of alkyl halides is 1. The lowest BCUT2D eigenvalue weighted by Crippen LogP contribution is -2.49. The van der Waals surface area contributed by atoms with Gasteiger partial charge in [0.15, 0.2) is 11.6 Å². The standard InChI is InChI=1S/C25H29FN6O2/c1-14-22(34-3)12-19(29-28-14)16-7-8-18(21(33)11-16)25-27-13-23(30-31-25)32(2)20-10-15-5-4-6-17(9-15)24(20)26/h7-8,11-13,15,17,20,24,33H,4-6,9-10H2,1-3H3/t15-,17+,20+,24-/m0/s1. The second-order valence-electron chi connectivity index (χ2n) is 9.41. The average Bonchev–Trinajstić information content (AvgIpc) is 2.86. The monoisotopic (exact) mass is 464 g/mol. The molecule has 1 aromatic carbocycles. The SMILES string of the molecule is COc1cc(-c2ccc(-c3ncc(N(C)[C@@H]4C[C@H]5CCC[C@H](C5)[C@@H]4F)nn3)c(O)c2)nnc1C. The maximum absolute atomic E-state index is 15.1. The Kier molecular flexibility index (Phi) is 6.02. The van der Waals surface area contributed by atoms with Crippen LogP contribution >= 0.6 is 0 Å². The predicted octanol–water partition coefficient (Wildman–Crippen LogP) is 4.37. The number of ether oxygens (including phenoxy) is 1. The number of aryl methyl sites for hydroxylation is 1. The maximum atomic E-state index is 15.1. The number of hydrogen-bond acceptors (Lipinski definition) is 8. The highest BCUT2D eigenvalue weighted by Gasteiger charge is 2.42. The summed E-state index contributed by atoms with van der Waals surface area (Å²) >= 11 is 0. The van der Waals surface area contributed by atoms with Gasteiger partial charge in [0.25, 0.3) is 0 Å². The molecule has 3 aromatic rings. The van der Waals surface area contributed by atoms with Crippen molar-refractivity contribution in [2.24, 2.45) is 11.8 Å². The van der Waals surface area contributed by atoms with Crippen molar-refractivity contribution in [2.75, 3.05) is 19.1 Å². The number of hydrogen-bond donors (Lipinski definition) is 1. The first-order chi connectivity index (χ1) is 16.4. The minimum Gasteiger partial charge on any atom is -0.507 e. The van der Waals surface area contributed by atoms with Crippen molar-refractivity contribution in [1.29, 1.82) is 0 Å². The van der Waals surface area contributed by atoms with E-state index in [1.165, 1.54) is 6.42 Å². The highest BCUT2D eigenvalue weighted by atomic mass is 19.1. The van der Waals surface area contributed by atoms with Crippen LogP contribution in [-0.2, 0) is 0 Å². The van der Waals surface area contributed by atoms with Crippen molar-refractivity contribution >= 4 is 5.82 Å². The van der Waals surface area contributed by atoms with E-state index < -0.39 is 6.17 Å². The Labute approximate surface area is 198 Å². The molecule has 2 aliphatic carbocycles. The fourth-order valence-electron chi connectivity index (χ4n) is 5.38. The van der Waals surface area contributed by atoms with Crippen LogP contribution in [0.2, 0.25) is 0 Å². The van der Waals surface area contributed by atoms with E-state index in [1.807, 2.05) is 24.9 Å². The molecule has 0 spiro atoms. The molecule has 0 amide bonds. The Bertz CT molecular complexity index is 1170. The minimum absolute atomic E-state index is 0.00525. The molecule has 2 aromatic heterocycles. The number of halogens is 1. The summed E-state index contributed by atoms with van der Waals surface area (Å²) in [6.07, 6.45) is 5.88. The van der Waals surface area contributed by atoms with Gasteiger partial charge in [0.1, 0.15) is 23.4 Å². The zero-order valence-corrected chi connectivity index (χ0v) is 19.6. The van der Waals surface area contributed by atoms with Gasteiger partial charge in [-0.1, -0.05) is 18.9 Å². The first kappa shape index (κ1) is 22.4. The van der Waals surface area contributed by atoms with E-state index in [0.29, 0.717) is 45.8 Å². The Morgan fingerprint density at radius 1 is 1.09 bits per heavy atom. The number of anilines is 1. The number of phenols is 1. The third kappa shape index (κ3) is 4.15. The fourth-order valence-corrected chi connectivity index (χ4v) is 5.38. The van der Waals surface area contributed by atoms with Crippen molar-refractivity contribution in [2.45, 2.75) is 51.2 Å². The quantitative estimate of drug-likeness (QED) is 0.595. The number of phenolic OH excluding ortho intramolecular Hbond substituents is 1. The van der Waals surface area contributed by atoms with Crippen LogP contribution in [0.25, 0.3) is 22.6 Å². The van der Waals surface area contributed by atoms with Crippen molar-refractivity contribution in [3.8, 4) is 34.1 Å². The lowest BCUT2D eigenvalue weighted by Gasteiger charge is -2.45. The van der Waals surface area contributed by atoms with Gasteiger partial charge >= 0.3 is 0 Å². The third-order valence-electron chi connectivity index (χ3n) is 7.31. The first-order valence-corrected chi connectivity index (χ1v) is 11.7. The summed E-state index contributed by atoms with van der Waals surface area (Å²) < 4.78 is 20.5. The predicted molar refractivity (Wildman–Crippen MR) is 126 cm³/mol. The lowest BCUT2D eigenvalue weighted by atomic mass is 9.69. The molecule has 2 aliphatic rings. The molecule has 0 aliphatic heterocycles. The van der Waals surface area contributed by atoms with Gasteiger partial charge in [0.2, 0.25) is 0 Å². The molecule has 4 atom stereocenters. The van der Waals surface area contributed by atoms with Crippen molar-refractivity contribution in [3.05, 3.63) is 36.2 Å². The number of methoxy groups -OCH3 is 1. The molecule has 9 heteroatoms. The first-order valence-electron chi connectivity index (χ1n) is 11.7. The zero-order chi connectivity index (χ0) is 23.8. The smallest absolute Gasteiger partial charge is 0.185 e. The molecule has 0 unspecified atom stereocenters. The van der Waals surface area contributed by atoms with Gasteiger partial charge in [-0.05, 0) is 50.2 Å². The third-order valence-corrected chi connectivity index (χ3v) is 7.31. The minimum atomic E-state index is -0.858. The number of aromatic nitrogens is 5. The van der Waals surface area contributed by atoms with E-state index in [2.05, 4.69) is 25.4 Å². The fraction of sp³-hybridized carbons (Fsp3) is 0.480. The van der Waals surface area contributed by atoms with Crippen LogP contribution in [0.15, 0.2) is 30.5 Å². The Balaban J connectivity index is 1.35. The molecule has 0 saturated heterocycles. The molecule has 2 heterocycles. The number of rotatable bonds is 5. The molecule has 1 N–H and O–H groups in total. The van der Waals surface area contributed by atoms with Crippen LogP contribution in [0.4, 0.5) is 10.2 Å². The molecule has 8 nitrogen and oxygen atoms in total. The van der Waals surface area contributed by atoms with Crippen LogP contribution in [0.5, 0.6) is 11.5 Å². The van der Waals surface area contributed by atoms with Crippen LogP contribution in [0.3, 0.4) is 0 Å².